The van der Waals surface area contributed by atoms with E-state index in [-0.39, 0.29) is 23.8 Å². The van der Waals surface area contributed by atoms with Gasteiger partial charge in [-0.25, -0.2) is 4.90 Å². The Morgan fingerprint density at radius 1 is 1.00 bits per heavy atom. The first kappa shape index (κ1) is 20.2. The average Bonchev–Trinajstić information content (AvgIpc) is 3.40. The van der Waals surface area contributed by atoms with Crippen molar-refractivity contribution in [1.29, 1.82) is 0 Å². The highest BCUT2D eigenvalue weighted by atomic mass is 35.5. The summed E-state index contributed by atoms with van der Waals surface area (Å²) in [6.07, 6.45) is 1.66. The van der Waals surface area contributed by atoms with Crippen molar-refractivity contribution < 1.29 is 14.4 Å². The quantitative estimate of drug-likeness (QED) is 0.639. The van der Waals surface area contributed by atoms with E-state index in [1.165, 1.54) is 4.90 Å². The normalized spacial score (nSPS) is 30.8. The number of rotatable bonds is 1. The molecule has 0 saturated carbocycles. The van der Waals surface area contributed by atoms with Crippen molar-refractivity contribution in [1.82, 2.24) is 4.90 Å². The van der Waals surface area contributed by atoms with Gasteiger partial charge in [0.2, 0.25) is 17.7 Å². The summed E-state index contributed by atoms with van der Waals surface area (Å²) in [6, 6.07) is 8.56. The molecule has 0 unspecified atom stereocenters. The highest BCUT2D eigenvalue weighted by molar-refractivity contribution is 6.36. The Morgan fingerprint density at radius 2 is 1.72 bits per heavy atom. The minimum atomic E-state index is -1.18. The first-order valence-electron chi connectivity index (χ1n) is 10.8. The van der Waals surface area contributed by atoms with Gasteiger partial charge >= 0.3 is 0 Å². The fraction of sp³-hybridized carbons (Fsp3) is 0.375. The maximum Gasteiger partial charge on any atom is 0.250 e. The Labute approximate surface area is 195 Å². The molecule has 2 aromatic carbocycles. The number of aryl methyl sites for hydroxylation is 2. The molecule has 1 spiro atoms. The van der Waals surface area contributed by atoms with Crippen LogP contribution in [-0.4, -0.2) is 35.2 Å². The van der Waals surface area contributed by atoms with E-state index in [2.05, 4.69) is 10.2 Å². The van der Waals surface area contributed by atoms with Gasteiger partial charge in [-0.05, 0) is 57.0 Å². The fourth-order valence-electron chi connectivity index (χ4n) is 6.58. The van der Waals surface area contributed by atoms with Gasteiger partial charge in [0.1, 0.15) is 5.54 Å². The summed E-state index contributed by atoms with van der Waals surface area (Å²) in [5, 5.41) is 3.74. The topological polar surface area (TPSA) is 69.7 Å². The lowest BCUT2D eigenvalue weighted by molar-refractivity contribution is -0.135. The van der Waals surface area contributed by atoms with Crippen LogP contribution in [0.4, 0.5) is 11.4 Å². The predicted molar refractivity (Wildman–Crippen MR) is 122 cm³/mol. The lowest BCUT2D eigenvalue weighted by Crippen LogP contribution is -2.54. The Bertz CT molecular complexity index is 1220. The second kappa shape index (κ2) is 6.56. The van der Waals surface area contributed by atoms with Crippen LogP contribution < -0.4 is 10.2 Å². The lowest BCUT2D eigenvalue weighted by atomic mass is 9.75. The number of hydrogen-bond donors (Lipinski definition) is 1. The largest absolute Gasteiger partial charge is 0.324 e. The van der Waals surface area contributed by atoms with Gasteiger partial charge in [0.05, 0.1) is 17.5 Å². The summed E-state index contributed by atoms with van der Waals surface area (Å²) in [6.45, 7) is 4.63. The summed E-state index contributed by atoms with van der Waals surface area (Å²) >= 11 is 12.3. The number of imide groups is 1. The SMILES string of the molecule is Cc1cc(C)c2c(c1)[C@]1(C(=O)N2)[C@@H]2C(=O)N(c3cc(Cl)cc(Cl)c3)C(=O)[C@@H]2[C@@H]2CCCN21. The lowest BCUT2D eigenvalue weighted by Gasteiger charge is -2.36. The maximum absolute atomic E-state index is 14.0. The van der Waals surface area contributed by atoms with E-state index in [1.54, 1.807) is 18.2 Å². The molecule has 4 heterocycles. The van der Waals surface area contributed by atoms with Crippen LogP contribution in [0.1, 0.15) is 29.5 Å². The molecular formula is C24H21Cl2N3O3. The molecular weight excluding hydrogens is 449 g/mol. The highest BCUT2D eigenvalue weighted by Gasteiger charge is 2.74. The Balaban J connectivity index is 1.58. The van der Waals surface area contributed by atoms with Crippen LogP contribution in [0.2, 0.25) is 10.0 Å². The first-order valence-corrected chi connectivity index (χ1v) is 11.5. The van der Waals surface area contributed by atoms with Crippen molar-refractivity contribution >= 4 is 52.3 Å². The predicted octanol–water partition coefficient (Wildman–Crippen LogP) is 4.04. The monoisotopic (exact) mass is 469 g/mol. The van der Waals surface area contributed by atoms with Gasteiger partial charge in [0.25, 0.3) is 0 Å². The molecule has 4 atom stereocenters. The molecule has 6 rings (SSSR count). The van der Waals surface area contributed by atoms with Crippen LogP contribution >= 0.6 is 23.2 Å². The van der Waals surface area contributed by atoms with Gasteiger partial charge in [0, 0.05) is 27.3 Å². The van der Waals surface area contributed by atoms with Gasteiger partial charge in [0.15, 0.2) is 0 Å². The number of halogens is 2. The third-order valence-electron chi connectivity index (χ3n) is 7.55. The van der Waals surface area contributed by atoms with E-state index in [0.717, 1.165) is 35.2 Å². The van der Waals surface area contributed by atoms with Crippen molar-refractivity contribution in [2.45, 2.75) is 38.3 Å². The van der Waals surface area contributed by atoms with Crippen LogP contribution in [0.25, 0.3) is 0 Å². The molecule has 8 heteroatoms. The first-order chi connectivity index (χ1) is 15.2. The third-order valence-corrected chi connectivity index (χ3v) is 7.99. The second-order valence-electron chi connectivity index (χ2n) is 9.27. The van der Waals surface area contributed by atoms with E-state index in [4.69, 9.17) is 23.2 Å². The minimum absolute atomic E-state index is 0.159. The van der Waals surface area contributed by atoms with Gasteiger partial charge in [-0.1, -0.05) is 40.9 Å². The molecule has 164 valence electrons. The summed E-state index contributed by atoms with van der Waals surface area (Å²) in [5.74, 6) is -2.24. The fourth-order valence-corrected chi connectivity index (χ4v) is 7.10. The van der Waals surface area contributed by atoms with Crippen molar-refractivity contribution in [3.63, 3.8) is 0 Å². The van der Waals surface area contributed by atoms with E-state index in [1.807, 2.05) is 26.0 Å². The van der Waals surface area contributed by atoms with Gasteiger partial charge in [-0.2, -0.15) is 0 Å². The van der Waals surface area contributed by atoms with Crippen LogP contribution in [0, 0.1) is 25.7 Å². The van der Waals surface area contributed by atoms with E-state index < -0.39 is 17.4 Å². The van der Waals surface area contributed by atoms with Crippen LogP contribution in [0.5, 0.6) is 0 Å². The average molecular weight is 470 g/mol. The van der Waals surface area contributed by atoms with E-state index in [9.17, 15) is 14.4 Å². The summed E-state index contributed by atoms with van der Waals surface area (Å²) in [4.78, 5) is 44.7. The van der Waals surface area contributed by atoms with E-state index in [0.29, 0.717) is 22.3 Å². The second-order valence-corrected chi connectivity index (χ2v) is 10.1. The zero-order valence-corrected chi connectivity index (χ0v) is 19.1. The Kier molecular flexibility index (Phi) is 4.15. The number of nitrogens with one attached hydrogen (secondary N) is 1. The molecule has 0 aliphatic carbocycles. The van der Waals surface area contributed by atoms with Crippen molar-refractivity contribution in [3.8, 4) is 0 Å². The number of carbonyl (C=O) groups excluding carboxylic acids is 3. The van der Waals surface area contributed by atoms with Crippen LogP contribution in [-0.2, 0) is 19.9 Å². The summed E-state index contributed by atoms with van der Waals surface area (Å²) in [5.41, 5.74) is 2.72. The Morgan fingerprint density at radius 3 is 2.44 bits per heavy atom. The molecule has 0 aromatic heterocycles. The molecule has 32 heavy (non-hydrogen) atoms. The molecule has 2 aromatic rings. The van der Waals surface area contributed by atoms with Crippen molar-refractivity contribution in [3.05, 3.63) is 57.1 Å². The number of fused-ring (bicyclic) bond motifs is 7. The van der Waals surface area contributed by atoms with Gasteiger partial charge in [-0.15, -0.1) is 0 Å². The molecule has 1 N–H and O–H groups in total. The molecule has 0 radical (unpaired) electrons. The number of carbonyl (C=O) groups is 3. The van der Waals surface area contributed by atoms with Crippen LogP contribution in [0.15, 0.2) is 30.3 Å². The Hall–Kier alpha value is -2.41. The highest BCUT2D eigenvalue weighted by Crippen LogP contribution is 2.61. The molecule has 3 amide bonds. The molecule has 3 saturated heterocycles. The molecule has 6 nitrogen and oxygen atoms in total. The van der Waals surface area contributed by atoms with Gasteiger partial charge in [-0.3, -0.25) is 19.3 Å². The van der Waals surface area contributed by atoms with Crippen molar-refractivity contribution in [2.75, 3.05) is 16.8 Å². The summed E-state index contributed by atoms with van der Waals surface area (Å²) < 4.78 is 0. The zero-order chi connectivity index (χ0) is 22.5. The van der Waals surface area contributed by atoms with Crippen LogP contribution in [0.3, 0.4) is 0 Å². The minimum Gasteiger partial charge on any atom is -0.324 e. The number of nitrogens with zero attached hydrogens (tertiary/aromatic N) is 2. The summed E-state index contributed by atoms with van der Waals surface area (Å²) in [7, 11) is 0. The third kappa shape index (κ3) is 2.33. The smallest absolute Gasteiger partial charge is 0.250 e. The molecule has 0 bridgehead atoms. The number of amides is 3. The number of benzene rings is 2. The molecule has 3 fully saturated rings. The van der Waals surface area contributed by atoms with Gasteiger partial charge < -0.3 is 5.32 Å². The molecule has 4 aliphatic heterocycles. The maximum atomic E-state index is 14.0. The van der Waals surface area contributed by atoms with Crippen molar-refractivity contribution in [2.24, 2.45) is 11.8 Å². The van der Waals surface area contributed by atoms with E-state index >= 15 is 0 Å². The number of hydrogen-bond acceptors (Lipinski definition) is 4. The zero-order valence-electron chi connectivity index (χ0n) is 17.6. The molecule has 4 aliphatic rings. The number of anilines is 2. The standard InChI is InChI=1S/C24H21Cl2N3O3/c1-11-6-12(2)20-16(7-11)24(23(32)27-20)19-18(17-4-3-5-28(17)24)21(30)29(22(19)31)15-9-13(25)8-14(26)10-15/h6-10,17-19H,3-5H2,1-2H3,(H,27,32)/t17-,18+,19-,24+/m0/s1.